The Morgan fingerprint density at radius 1 is 1.10 bits per heavy atom. The van der Waals surface area contributed by atoms with Crippen LogP contribution in [0.1, 0.15) is 31.7 Å². The number of rotatable bonds is 4. The predicted molar refractivity (Wildman–Crippen MR) is 134 cm³/mol. The van der Waals surface area contributed by atoms with Crippen molar-refractivity contribution in [3.05, 3.63) is 54.2 Å². The number of likely N-dealkylation sites (tertiary alicyclic amines) is 1. The molecular formula is C23H32IN5O. The normalized spacial score (nSPS) is 19.9. The summed E-state index contributed by atoms with van der Waals surface area (Å²) < 4.78 is 5.63. The first-order valence-electron chi connectivity index (χ1n) is 10.7. The maximum atomic E-state index is 5.63. The molecule has 7 heteroatoms. The summed E-state index contributed by atoms with van der Waals surface area (Å²) in [5.74, 6) is 1.98. The molecule has 162 valence electrons. The molecule has 0 spiro atoms. The molecule has 2 aromatic rings. The van der Waals surface area contributed by atoms with Crippen molar-refractivity contribution in [2.24, 2.45) is 4.99 Å². The maximum absolute atomic E-state index is 5.63. The Balaban J connectivity index is 0.00000256. The van der Waals surface area contributed by atoms with Gasteiger partial charge in [0.2, 0.25) is 0 Å². The summed E-state index contributed by atoms with van der Waals surface area (Å²) in [4.78, 5) is 14.3. The third-order valence-corrected chi connectivity index (χ3v) is 5.47. The quantitative estimate of drug-likeness (QED) is 0.368. The maximum Gasteiger partial charge on any atom is 0.198 e. The molecule has 0 bridgehead atoms. The topological polar surface area (TPSA) is 53.0 Å². The summed E-state index contributed by atoms with van der Waals surface area (Å²) in [7, 11) is 0. The number of nitrogens with one attached hydrogen (secondary N) is 1. The number of pyridine rings is 1. The van der Waals surface area contributed by atoms with Gasteiger partial charge >= 0.3 is 0 Å². The van der Waals surface area contributed by atoms with E-state index in [-0.39, 0.29) is 30.1 Å². The minimum absolute atomic E-state index is 0. The van der Waals surface area contributed by atoms with E-state index < -0.39 is 0 Å². The Morgan fingerprint density at radius 3 is 2.60 bits per heavy atom. The summed E-state index contributed by atoms with van der Waals surface area (Å²) in [5.41, 5.74) is 2.20. The van der Waals surface area contributed by atoms with Gasteiger partial charge in [-0.2, -0.15) is 0 Å². The van der Waals surface area contributed by atoms with Gasteiger partial charge in [0.25, 0.3) is 0 Å². The minimum Gasteiger partial charge on any atom is -0.375 e. The number of piperidine rings is 1. The molecule has 2 aliphatic rings. The number of ether oxygens (including phenoxy) is 1. The lowest BCUT2D eigenvalue weighted by molar-refractivity contribution is 0.0529. The summed E-state index contributed by atoms with van der Waals surface area (Å²) in [6.45, 7) is 7.41. The highest BCUT2D eigenvalue weighted by atomic mass is 127. The van der Waals surface area contributed by atoms with Crippen molar-refractivity contribution in [2.45, 2.75) is 38.8 Å². The second-order valence-corrected chi connectivity index (χ2v) is 7.83. The van der Waals surface area contributed by atoms with Gasteiger partial charge in [-0.15, -0.1) is 24.0 Å². The van der Waals surface area contributed by atoms with Gasteiger partial charge in [-0.25, -0.2) is 9.98 Å². The van der Waals surface area contributed by atoms with Crippen LogP contribution in [0.4, 0.5) is 11.5 Å². The fourth-order valence-electron chi connectivity index (χ4n) is 3.86. The molecule has 2 aliphatic heterocycles. The number of hydrogen-bond acceptors (Lipinski definition) is 4. The van der Waals surface area contributed by atoms with Crippen LogP contribution in [0.2, 0.25) is 0 Å². The van der Waals surface area contributed by atoms with E-state index >= 15 is 0 Å². The van der Waals surface area contributed by atoms with E-state index in [2.05, 4.69) is 51.3 Å². The van der Waals surface area contributed by atoms with Crippen molar-refractivity contribution >= 4 is 41.4 Å². The third-order valence-electron chi connectivity index (χ3n) is 5.47. The molecule has 0 radical (unpaired) electrons. The summed E-state index contributed by atoms with van der Waals surface area (Å²) in [5, 5.41) is 3.52. The van der Waals surface area contributed by atoms with Crippen LogP contribution in [0, 0.1) is 0 Å². The van der Waals surface area contributed by atoms with E-state index in [4.69, 9.17) is 9.73 Å². The van der Waals surface area contributed by atoms with Crippen molar-refractivity contribution in [3.8, 4) is 0 Å². The number of benzene rings is 1. The van der Waals surface area contributed by atoms with Crippen LogP contribution >= 0.6 is 24.0 Å². The zero-order valence-corrected chi connectivity index (χ0v) is 20.0. The van der Waals surface area contributed by atoms with Crippen molar-refractivity contribution in [2.75, 3.05) is 43.0 Å². The van der Waals surface area contributed by atoms with Gasteiger partial charge in [0.05, 0.1) is 19.3 Å². The Kier molecular flexibility index (Phi) is 8.74. The van der Waals surface area contributed by atoms with E-state index in [1.54, 1.807) is 0 Å². The molecule has 4 rings (SSSR count). The molecule has 1 aromatic carbocycles. The predicted octanol–water partition coefficient (Wildman–Crippen LogP) is 4.38. The van der Waals surface area contributed by atoms with Crippen molar-refractivity contribution in [1.29, 1.82) is 0 Å². The van der Waals surface area contributed by atoms with E-state index in [9.17, 15) is 0 Å². The van der Waals surface area contributed by atoms with Gasteiger partial charge in [0.15, 0.2) is 5.96 Å². The van der Waals surface area contributed by atoms with Crippen LogP contribution in [-0.2, 0) is 11.3 Å². The van der Waals surface area contributed by atoms with Gasteiger partial charge in [0.1, 0.15) is 5.82 Å². The molecule has 0 saturated carbocycles. The molecule has 3 heterocycles. The van der Waals surface area contributed by atoms with Gasteiger partial charge in [-0.1, -0.05) is 24.3 Å². The first-order chi connectivity index (χ1) is 14.3. The highest BCUT2D eigenvalue weighted by Gasteiger charge is 2.18. The first kappa shape index (κ1) is 22.8. The van der Waals surface area contributed by atoms with Gasteiger partial charge in [0, 0.05) is 38.1 Å². The van der Waals surface area contributed by atoms with Crippen LogP contribution < -0.4 is 10.2 Å². The average Bonchev–Trinajstić information content (AvgIpc) is 2.78. The molecular weight excluding hydrogens is 489 g/mol. The van der Waals surface area contributed by atoms with E-state index in [0.717, 1.165) is 55.8 Å². The Hall–Kier alpha value is -1.87. The zero-order chi connectivity index (χ0) is 19.9. The number of aliphatic imine (C=N–C) groups is 1. The van der Waals surface area contributed by atoms with E-state index in [0.29, 0.717) is 6.54 Å². The van der Waals surface area contributed by atoms with Crippen molar-refractivity contribution in [3.63, 3.8) is 0 Å². The molecule has 2 saturated heterocycles. The average molecular weight is 521 g/mol. The van der Waals surface area contributed by atoms with Crippen LogP contribution in [-0.4, -0.2) is 54.7 Å². The smallest absolute Gasteiger partial charge is 0.198 e. The molecule has 1 atom stereocenters. The number of guanidine groups is 1. The molecule has 6 nitrogen and oxygen atoms in total. The summed E-state index contributed by atoms with van der Waals surface area (Å²) in [6, 6.07) is 14.5. The first-order valence-corrected chi connectivity index (χ1v) is 10.7. The Bertz CT molecular complexity index is 793. The number of anilines is 2. The standard InChI is InChI=1S/C23H31N5O.HI/c1-19-18-28(14-15-29-19)22-11-10-20(16-24-22)17-25-23(27-12-6-3-7-13-27)26-21-8-4-2-5-9-21;/h2,4-5,8-11,16,19H,3,6-7,12-15,17-18H2,1H3,(H,25,26);1H. The molecule has 2 fully saturated rings. The molecule has 0 amide bonds. The summed E-state index contributed by atoms with van der Waals surface area (Å²) in [6.07, 6.45) is 5.97. The monoisotopic (exact) mass is 521 g/mol. The molecule has 30 heavy (non-hydrogen) atoms. The van der Waals surface area contributed by atoms with Crippen molar-refractivity contribution < 1.29 is 4.74 Å². The van der Waals surface area contributed by atoms with E-state index in [1.807, 2.05) is 24.4 Å². The molecule has 0 aliphatic carbocycles. The van der Waals surface area contributed by atoms with Crippen LogP contribution in [0.3, 0.4) is 0 Å². The lowest BCUT2D eigenvalue weighted by Gasteiger charge is -2.32. The second kappa shape index (κ2) is 11.5. The fraction of sp³-hybridized carbons (Fsp3) is 0.478. The van der Waals surface area contributed by atoms with Gasteiger partial charge in [-0.3, -0.25) is 0 Å². The van der Waals surface area contributed by atoms with Crippen molar-refractivity contribution in [1.82, 2.24) is 9.88 Å². The highest BCUT2D eigenvalue weighted by Crippen LogP contribution is 2.17. The SMILES string of the molecule is CC1CN(c2ccc(CN=C(Nc3ccccc3)N3CCCCC3)cn2)CCO1.I. The lowest BCUT2D eigenvalue weighted by Crippen LogP contribution is -2.41. The number of halogens is 1. The zero-order valence-electron chi connectivity index (χ0n) is 17.7. The Labute approximate surface area is 196 Å². The number of aromatic nitrogens is 1. The third kappa shape index (κ3) is 6.31. The highest BCUT2D eigenvalue weighted by molar-refractivity contribution is 14.0. The lowest BCUT2D eigenvalue weighted by atomic mass is 10.1. The minimum atomic E-state index is 0. The van der Waals surface area contributed by atoms with Gasteiger partial charge < -0.3 is 19.9 Å². The number of morpholine rings is 1. The number of nitrogens with zero attached hydrogens (tertiary/aromatic N) is 4. The van der Waals surface area contributed by atoms with Crippen LogP contribution in [0.5, 0.6) is 0 Å². The van der Waals surface area contributed by atoms with Gasteiger partial charge in [-0.05, 0) is 49.9 Å². The Morgan fingerprint density at radius 2 is 1.90 bits per heavy atom. The second-order valence-electron chi connectivity index (χ2n) is 7.83. The summed E-state index contributed by atoms with van der Waals surface area (Å²) >= 11 is 0. The largest absolute Gasteiger partial charge is 0.375 e. The number of hydrogen-bond donors (Lipinski definition) is 1. The molecule has 1 unspecified atom stereocenters. The van der Waals surface area contributed by atoms with Crippen LogP contribution in [0.15, 0.2) is 53.7 Å². The van der Waals surface area contributed by atoms with E-state index in [1.165, 1.54) is 19.3 Å². The van der Waals surface area contributed by atoms with Crippen LogP contribution in [0.25, 0.3) is 0 Å². The molecule has 1 N–H and O–H groups in total. The molecule has 1 aromatic heterocycles. The number of para-hydroxylation sites is 1. The fourth-order valence-corrected chi connectivity index (χ4v) is 3.86.